The maximum absolute atomic E-state index is 12.7. The fraction of sp³-hybridized carbons (Fsp3) is 1.00. The van der Waals surface area contributed by atoms with E-state index in [4.69, 9.17) is 4.74 Å². The van der Waals surface area contributed by atoms with Crippen molar-refractivity contribution in [2.45, 2.75) is 39.0 Å². The molecule has 0 amide bonds. The van der Waals surface area contributed by atoms with Crippen LogP contribution in [0.15, 0.2) is 0 Å². The third-order valence-electron chi connectivity index (χ3n) is 1.41. The lowest BCUT2D eigenvalue weighted by atomic mass is 10.2. The molecule has 0 aliphatic rings. The Bertz CT molecular complexity index is 80.5. The fourth-order valence-electron chi connectivity index (χ4n) is 0.811. The first-order chi connectivity index (χ1) is 5.31. The molecule has 0 aliphatic carbocycles. The lowest BCUT2D eigenvalue weighted by Gasteiger charge is -2.07. The minimum atomic E-state index is -1.06. The SMILES string of the molecule is CCCCCC(F)OCCBr. The minimum absolute atomic E-state index is 0.466. The Kier molecular flexibility index (Phi) is 8.75. The van der Waals surface area contributed by atoms with Crippen LogP contribution in [0.3, 0.4) is 0 Å². The second-order valence-electron chi connectivity index (χ2n) is 2.47. The smallest absolute Gasteiger partial charge is 0.198 e. The molecule has 1 nitrogen and oxygen atoms in total. The second kappa shape index (κ2) is 8.47. The first-order valence-corrected chi connectivity index (χ1v) is 5.25. The fourth-order valence-corrected chi connectivity index (χ4v) is 0.997. The van der Waals surface area contributed by atoms with Crippen LogP contribution < -0.4 is 0 Å². The lowest BCUT2D eigenvalue weighted by molar-refractivity contribution is -0.0369. The Morgan fingerprint density at radius 2 is 2.18 bits per heavy atom. The van der Waals surface area contributed by atoms with Crippen LogP contribution in [-0.2, 0) is 4.74 Å². The summed E-state index contributed by atoms with van der Waals surface area (Å²) < 4.78 is 17.5. The van der Waals surface area contributed by atoms with Gasteiger partial charge in [0.05, 0.1) is 6.61 Å². The third-order valence-corrected chi connectivity index (χ3v) is 1.73. The van der Waals surface area contributed by atoms with E-state index in [1.54, 1.807) is 0 Å². The van der Waals surface area contributed by atoms with Gasteiger partial charge in [-0.3, -0.25) is 0 Å². The van der Waals surface area contributed by atoms with Crippen molar-refractivity contribution in [3.63, 3.8) is 0 Å². The van der Waals surface area contributed by atoms with E-state index in [0.717, 1.165) is 19.3 Å². The number of hydrogen-bond donors (Lipinski definition) is 0. The highest BCUT2D eigenvalue weighted by molar-refractivity contribution is 9.09. The Morgan fingerprint density at radius 3 is 2.73 bits per heavy atom. The van der Waals surface area contributed by atoms with Crippen LogP contribution in [0.1, 0.15) is 32.6 Å². The summed E-state index contributed by atoms with van der Waals surface area (Å²) in [4.78, 5) is 0. The summed E-state index contributed by atoms with van der Waals surface area (Å²) in [7, 11) is 0. The van der Waals surface area contributed by atoms with E-state index < -0.39 is 6.36 Å². The maximum atomic E-state index is 12.7. The van der Waals surface area contributed by atoms with E-state index in [-0.39, 0.29) is 0 Å². The van der Waals surface area contributed by atoms with Gasteiger partial charge in [-0.2, -0.15) is 0 Å². The Labute approximate surface area is 76.4 Å². The molecule has 0 bridgehead atoms. The van der Waals surface area contributed by atoms with Crippen LogP contribution >= 0.6 is 15.9 Å². The molecule has 0 rings (SSSR count). The zero-order valence-corrected chi connectivity index (χ0v) is 8.57. The van der Waals surface area contributed by atoms with Gasteiger partial charge in [0.1, 0.15) is 0 Å². The van der Waals surface area contributed by atoms with Gasteiger partial charge in [0.25, 0.3) is 0 Å². The Morgan fingerprint density at radius 1 is 1.45 bits per heavy atom. The molecule has 0 aromatic rings. The highest BCUT2D eigenvalue weighted by atomic mass is 79.9. The second-order valence-corrected chi connectivity index (χ2v) is 3.26. The van der Waals surface area contributed by atoms with Crippen molar-refractivity contribution in [2.24, 2.45) is 0 Å². The number of halogens is 2. The predicted octanol–water partition coefficient (Wildman–Crippen LogP) is 3.27. The molecule has 0 aromatic carbocycles. The molecule has 0 saturated heterocycles. The van der Waals surface area contributed by atoms with Crippen LogP contribution in [0.5, 0.6) is 0 Å². The number of alkyl halides is 2. The lowest BCUT2D eigenvalue weighted by Crippen LogP contribution is -2.07. The van der Waals surface area contributed by atoms with Gasteiger partial charge in [0.2, 0.25) is 0 Å². The average Bonchev–Trinajstić information content (AvgIpc) is 2.01. The van der Waals surface area contributed by atoms with Gasteiger partial charge < -0.3 is 4.74 Å². The predicted molar refractivity (Wildman–Crippen MR) is 48.8 cm³/mol. The van der Waals surface area contributed by atoms with E-state index >= 15 is 0 Å². The molecule has 0 heterocycles. The van der Waals surface area contributed by atoms with Crippen molar-refractivity contribution in [3.05, 3.63) is 0 Å². The number of hydrogen-bond acceptors (Lipinski definition) is 1. The van der Waals surface area contributed by atoms with E-state index in [1.165, 1.54) is 0 Å². The molecule has 0 radical (unpaired) electrons. The van der Waals surface area contributed by atoms with Crippen molar-refractivity contribution in [1.29, 1.82) is 0 Å². The van der Waals surface area contributed by atoms with Crippen LogP contribution in [-0.4, -0.2) is 18.3 Å². The van der Waals surface area contributed by atoms with Crippen molar-refractivity contribution in [1.82, 2.24) is 0 Å². The van der Waals surface area contributed by atoms with Gasteiger partial charge in [0, 0.05) is 11.8 Å². The molecule has 0 saturated carbocycles. The van der Waals surface area contributed by atoms with Crippen molar-refractivity contribution >= 4 is 15.9 Å². The van der Waals surface area contributed by atoms with Gasteiger partial charge in [-0.05, 0) is 6.42 Å². The molecule has 1 unspecified atom stereocenters. The molecule has 3 heteroatoms. The zero-order chi connectivity index (χ0) is 8.53. The highest BCUT2D eigenvalue weighted by Crippen LogP contribution is 2.07. The number of rotatable bonds is 7. The van der Waals surface area contributed by atoms with E-state index in [9.17, 15) is 4.39 Å². The van der Waals surface area contributed by atoms with E-state index in [1.807, 2.05) is 0 Å². The third kappa shape index (κ3) is 8.27. The van der Waals surface area contributed by atoms with Crippen LogP contribution in [0, 0.1) is 0 Å². The molecule has 11 heavy (non-hydrogen) atoms. The summed E-state index contributed by atoms with van der Waals surface area (Å²) in [6.07, 6.45) is 2.64. The van der Waals surface area contributed by atoms with Gasteiger partial charge in [-0.25, -0.2) is 4.39 Å². The quantitative estimate of drug-likeness (QED) is 0.479. The normalized spacial score (nSPS) is 13.4. The summed E-state index contributed by atoms with van der Waals surface area (Å²) in [6.45, 7) is 2.57. The standard InChI is InChI=1S/C8H16BrFO/c1-2-3-4-5-8(10)11-7-6-9/h8H,2-7H2,1H3. The molecule has 68 valence electrons. The van der Waals surface area contributed by atoms with E-state index in [2.05, 4.69) is 22.9 Å². The summed E-state index contributed by atoms with van der Waals surface area (Å²) in [5.41, 5.74) is 0. The summed E-state index contributed by atoms with van der Waals surface area (Å²) in [5, 5.41) is 0.710. The molecule has 0 aromatic heterocycles. The van der Waals surface area contributed by atoms with Crippen LogP contribution in [0.4, 0.5) is 4.39 Å². The molecular formula is C8H16BrFO. The molecule has 1 atom stereocenters. The monoisotopic (exact) mass is 226 g/mol. The molecule has 0 aliphatic heterocycles. The van der Waals surface area contributed by atoms with Gasteiger partial charge in [-0.1, -0.05) is 35.7 Å². The Hall–Kier alpha value is 0.370. The first kappa shape index (κ1) is 11.4. The zero-order valence-electron chi connectivity index (χ0n) is 6.98. The van der Waals surface area contributed by atoms with Crippen molar-refractivity contribution in [2.75, 3.05) is 11.9 Å². The van der Waals surface area contributed by atoms with Gasteiger partial charge in [0.15, 0.2) is 6.36 Å². The Balaban J connectivity index is 3.02. The number of unbranched alkanes of at least 4 members (excludes halogenated alkanes) is 2. The van der Waals surface area contributed by atoms with Gasteiger partial charge in [-0.15, -0.1) is 0 Å². The molecule has 0 N–H and O–H groups in total. The van der Waals surface area contributed by atoms with Crippen molar-refractivity contribution < 1.29 is 9.13 Å². The molecular weight excluding hydrogens is 211 g/mol. The van der Waals surface area contributed by atoms with Crippen LogP contribution in [0.25, 0.3) is 0 Å². The van der Waals surface area contributed by atoms with E-state index in [0.29, 0.717) is 18.4 Å². The number of ether oxygens (including phenoxy) is 1. The van der Waals surface area contributed by atoms with Gasteiger partial charge >= 0.3 is 0 Å². The summed E-state index contributed by atoms with van der Waals surface area (Å²) >= 11 is 3.17. The largest absolute Gasteiger partial charge is 0.347 e. The minimum Gasteiger partial charge on any atom is -0.347 e. The van der Waals surface area contributed by atoms with Crippen molar-refractivity contribution in [3.8, 4) is 0 Å². The molecule has 0 fully saturated rings. The maximum Gasteiger partial charge on any atom is 0.198 e. The highest BCUT2D eigenvalue weighted by Gasteiger charge is 2.03. The topological polar surface area (TPSA) is 9.23 Å². The summed E-state index contributed by atoms with van der Waals surface area (Å²) in [6, 6.07) is 0. The van der Waals surface area contributed by atoms with Crippen LogP contribution in [0.2, 0.25) is 0 Å². The molecule has 0 spiro atoms. The first-order valence-electron chi connectivity index (χ1n) is 4.13. The average molecular weight is 227 g/mol. The summed E-state index contributed by atoms with van der Waals surface area (Å²) in [5.74, 6) is 0.